The summed E-state index contributed by atoms with van der Waals surface area (Å²) in [5, 5.41) is 6.15. The van der Waals surface area contributed by atoms with Gasteiger partial charge in [0.1, 0.15) is 15.7 Å². The van der Waals surface area contributed by atoms with E-state index in [1.807, 2.05) is 0 Å². The molecule has 2 aromatic heterocycles. The standard InChI is InChI=1S/C15H12F2N2O3S2/c1-8-7-23-15(18-8)14-13(11(6-16)22-19-14)9-3-4-12(10(17)5-9)24(2,20)21/h3-5,7H,6H2,1-2H3. The molecule has 9 heteroatoms. The predicted octanol–water partition coefficient (Wildman–Crippen LogP) is 3.79. The number of benzene rings is 1. The minimum absolute atomic E-state index is 0.0654. The third kappa shape index (κ3) is 2.96. The first-order valence-corrected chi connectivity index (χ1v) is 9.55. The molecule has 0 unspecified atom stereocenters. The molecule has 3 rings (SSSR count). The molecular weight excluding hydrogens is 358 g/mol. The third-order valence-electron chi connectivity index (χ3n) is 3.33. The van der Waals surface area contributed by atoms with Crippen molar-refractivity contribution in [2.45, 2.75) is 18.5 Å². The minimum Gasteiger partial charge on any atom is -0.357 e. The van der Waals surface area contributed by atoms with Crippen molar-refractivity contribution >= 4 is 21.2 Å². The second-order valence-electron chi connectivity index (χ2n) is 5.17. The molecule has 0 aliphatic rings. The summed E-state index contributed by atoms with van der Waals surface area (Å²) < 4.78 is 55.5. The number of halogens is 2. The number of thiazole rings is 1. The van der Waals surface area contributed by atoms with Gasteiger partial charge in [-0.3, -0.25) is 0 Å². The quantitative estimate of drug-likeness (QED) is 0.699. The molecule has 3 aromatic rings. The molecule has 0 fully saturated rings. The van der Waals surface area contributed by atoms with Crippen molar-refractivity contribution in [2.75, 3.05) is 6.26 Å². The summed E-state index contributed by atoms with van der Waals surface area (Å²) in [4.78, 5) is 3.86. The zero-order valence-electron chi connectivity index (χ0n) is 12.7. The number of nitrogens with zero attached hydrogens (tertiary/aromatic N) is 2. The Kier molecular flexibility index (Phi) is 4.22. The summed E-state index contributed by atoms with van der Waals surface area (Å²) in [5.74, 6) is -0.980. The Morgan fingerprint density at radius 2 is 2.08 bits per heavy atom. The summed E-state index contributed by atoms with van der Waals surface area (Å²) in [6, 6.07) is 3.58. The average molecular weight is 370 g/mol. The molecule has 126 valence electrons. The monoisotopic (exact) mass is 370 g/mol. The first-order valence-electron chi connectivity index (χ1n) is 6.78. The van der Waals surface area contributed by atoms with Crippen LogP contribution in [0.4, 0.5) is 8.78 Å². The van der Waals surface area contributed by atoms with Crippen molar-refractivity contribution in [3.63, 3.8) is 0 Å². The van der Waals surface area contributed by atoms with E-state index in [2.05, 4.69) is 10.1 Å². The van der Waals surface area contributed by atoms with Crippen LogP contribution in [0, 0.1) is 12.7 Å². The van der Waals surface area contributed by atoms with Gasteiger partial charge in [0.05, 0.1) is 5.56 Å². The SMILES string of the molecule is Cc1csc(-c2noc(CF)c2-c2ccc(S(C)(=O)=O)c(F)c2)n1. The lowest BCUT2D eigenvalue weighted by Crippen LogP contribution is -2.01. The van der Waals surface area contributed by atoms with E-state index >= 15 is 0 Å². The van der Waals surface area contributed by atoms with E-state index in [0.717, 1.165) is 24.1 Å². The summed E-state index contributed by atoms with van der Waals surface area (Å²) in [5.41, 5.74) is 1.61. The molecule has 0 N–H and O–H groups in total. The molecule has 5 nitrogen and oxygen atoms in total. The molecule has 0 radical (unpaired) electrons. The lowest BCUT2D eigenvalue weighted by atomic mass is 10.0. The predicted molar refractivity (Wildman–Crippen MR) is 85.7 cm³/mol. The summed E-state index contributed by atoms with van der Waals surface area (Å²) in [7, 11) is -3.69. The highest BCUT2D eigenvalue weighted by Gasteiger charge is 2.23. The Hall–Kier alpha value is -2.13. The van der Waals surface area contributed by atoms with Gasteiger partial charge in [0, 0.05) is 17.3 Å². The van der Waals surface area contributed by atoms with E-state index in [1.165, 1.54) is 17.4 Å². The van der Waals surface area contributed by atoms with Gasteiger partial charge in [-0.05, 0) is 24.6 Å². The molecule has 0 aliphatic carbocycles. The topological polar surface area (TPSA) is 73.1 Å². The van der Waals surface area contributed by atoms with E-state index in [9.17, 15) is 17.2 Å². The summed E-state index contributed by atoms with van der Waals surface area (Å²) >= 11 is 1.30. The lowest BCUT2D eigenvalue weighted by Gasteiger charge is -2.05. The van der Waals surface area contributed by atoms with Crippen LogP contribution in [0.3, 0.4) is 0 Å². The number of hydrogen-bond acceptors (Lipinski definition) is 6. The number of sulfone groups is 1. The Labute approximate surface area is 140 Å². The highest BCUT2D eigenvalue weighted by molar-refractivity contribution is 7.90. The number of hydrogen-bond donors (Lipinski definition) is 0. The fraction of sp³-hybridized carbons (Fsp3) is 0.200. The van der Waals surface area contributed by atoms with Crippen molar-refractivity contribution in [2.24, 2.45) is 0 Å². The largest absolute Gasteiger partial charge is 0.357 e. The number of rotatable bonds is 4. The summed E-state index contributed by atoms with van der Waals surface area (Å²) in [6.07, 6.45) is 0.918. The van der Waals surface area contributed by atoms with Crippen LogP contribution in [0.1, 0.15) is 11.5 Å². The molecule has 0 saturated heterocycles. The smallest absolute Gasteiger partial charge is 0.178 e. The van der Waals surface area contributed by atoms with Gasteiger partial charge < -0.3 is 4.52 Å². The first kappa shape index (κ1) is 16.7. The first-order chi connectivity index (χ1) is 11.3. The Bertz CT molecular complexity index is 1010. The molecule has 1 aromatic carbocycles. The molecule has 0 saturated carbocycles. The van der Waals surface area contributed by atoms with E-state index < -0.39 is 27.2 Å². The Balaban J connectivity index is 2.19. The van der Waals surface area contributed by atoms with Crippen LogP contribution < -0.4 is 0 Å². The van der Waals surface area contributed by atoms with Crippen LogP contribution in [0.25, 0.3) is 21.8 Å². The molecule has 2 heterocycles. The maximum Gasteiger partial charge on any atom is 0.178 e. The van der Waals surface area contributed by atoms with E-state index in [0.29, 0.717) is 10.7 Å². The van der Waals surface area contributed by atoms with Crippen molar-refractivity contribution < 1.29 is 21.7 Å². The molecule has 0 aliphatic heterocycles. The van der Waals surface area contributed by atoms with Gasteiger partial charge in [0.2, 0.25) is 0 Å². The molecular formula is C15H12F2N2O3S2. The van der Waals surface area contributed by atoms with Crippen molar-refractivity contribution in [3.8, 4) is 21.8 Å². The van der Waals surface area contributed by atoms with Gasteiger partial charge >= 0.3 is 0 Å². The van der Waals surface area contributed by atoms with Crippen LogP contribution in [0.2, 0.25) is 0 Å². The van der Waals surface area contributed by atoms with Crippen LogP contribution in [0.5, 0.6) is 0 Å². The minimum atomic E-state index is -3.69. The molecule has 0 bridgehead atoms. The van der Waals surface area contributed by atoms with Gasteiger partial charge in [0.15, 0.2) is 28.0 Å². The van der Waals surface area contributed by atoms with E-state index in [1.54, 1.807) is 12.3 Å². The molecule has 0 atom stereocenters. The zero-order chi connectivity index (χ0) is 17.5. The molecule has 0 spiro atoms. The van der Waals surface area contributed by atoms with Crippen LogP contribution >= 0.6 is 11.3 Å². The van der Waals surface area contributed by atoms with E-state index in [-0.39, 0.29) is 16.9 Å². The van der Waals surface area contributed by atoms with Gasteiger partial charge in [-0.25, -0.2) is 22.2 Å². The lowest BCUT2D eigenvalue weighted by molar-refractivity contribution is 0.332. The zero-order valence-corrected chi connectivity index (χ0v) is 14.3. The number of aryl methyl sites for hydroxylation is 1. The highest BCUT2D eigenvalue weighted by atomic mass is 32.2. The van der Waals surface area contributed by atoms with Crippen LogP contribution in [-0.2, 0) is 16.5 Å². The third-order valence-corrected chi connectivity index (χ3v) is 5.42. The maximum absolute atomic E-state index is 14.2. The van der Waals surface area contributed by atoms with Crippen LogP contribution in [-0.4, -0.2) is 24.8 Å². The fourth-order valence-corrected chi connectivity index (χ4v) is 3.79. The van der Waals surface area contributed by atoms with Crippen molar-refractivity contribution in [1.29, 1.82) is 0 Å². The van der Waals surface area contributed by atoms with Gasteiger partial charge in [-0.15, -0.1) is 11.3 Å². The van der Waals surface area contributed by atoms with Gasteiger partial charge in [0.25, 0.3) is 0 Å². The van der Waals surface area contributed by atoms with E-state index in [4.69, 9.17) is 4.52 Å². The highest BCUT2D eigenvalue weighted by Crippen LogP contribution is 2.37. The molecule has 24 heavy (non-hydrogen) atoms. The average Bonchev–Trinajstić information content (AvgIpc) is 3.11. The van der Waals surface area contributed by atoms with Crippen molar-refractivity contribution in [3.05, 3.63) is 40.9 Å². The number of aromatic nitrogens is 2. The van der Waals surface area contributed by atoms with Gasteiger partial charge in [-0.2, -0.15) is 0 Å². The Morgan fingerprint density at radius 3 is 2.62 bits per heavy atom. The summed E-state index contributed by atoms with van der Waals surface area (Å²) in [6.45, 7) is 0.874. The molecule has 0 amide bonds. The second kappa shape index (κ2) is 6.06. The fourth-order valence-electron chi connectivity index (χ4n) is 2.28. The Morgan fingerprint density at radius 1 is 1.33 bits per heavy atom. The van der Waals surface area contributed by atoms with Gasteiger partial charge in [-0.1, -0.05) is 11.2 Å². The van der Waals surface area contributed by atoms with Crippen molar-refractivity contribution in [1.82, 2.24) is 10.1 Å². The maximum atomic E-state index is 14.2. The number of alkyl halides is 1. The second-order valence-corrected chi connectivity index (χ2v) is 8.02. The normalized spacial score (nSPS) is 11.8. The van der Waals surface area contributed by atoms with Crippen LogP contribution in [0.15, 0.2) is 33.0 Å².